The molecule has 3 aromatic rings. The van der Waals surface area contributed by atoms with Crippen molar-refractivity contribution in [2.75, 3.05) is 16.4 Å². The van der Waals surface area contributed by atoms with E-state index < -0.39 is 0 Å². The fourth-order valence-electron chi connectivity index (χ4n) is 5.22. The summed E-state index contributed by atoms with van der Waals surface area (Å²) in [6, 6.07) is 14.6. The van der Waals surface area contributed by atoms with E-state index in [-0.39, 0.29) is 23.9 Å². The van der Waals surface area contributed by atoms with Crippen molar-refractivity contribution in [3.05, 3.63) is 66.1 Å². The first-order chi connectivity index (χ1) is 16.6. The maximum atomic E-state index is 12.4. The van der Waals surface area contributed by atoms with E-state index in [2.05, 4.69) is 23.0 Å². The molecule has 1 aromatic carbocycles. The zero-order valence-electron chi connectivity index (χ0n) is 19.1. The normalized spacial score (nSPS) is 21.4. The monoisotopic (exact) mass is 454 g/mol. The average Bonchev–Trinajstić information content (AvgIpc) is 3.41. The number of ether oxygens (including phenoxy) is 1. The van der Waals surface area contributed by atoms with Gasteiger partial charge >= 0.3 is 0 Å². The molecular weight excluding hydrogens is 428 g/mol. The van der Waals surface area contributed by atoms with E-state index in [0.29, 0.717) is 31.7 Å². The minimum Gasteiger partial charge on any atom is -0.474 e. The highest BCUT2D eigenvalue weighted by molar-refractivity contribution is 5.98. The largest absolute Gasteiger partial charge is 0.474 e. The molecule has 2 atom stereocenters. The number of amides is 2. The van der Waals surface area contributed by atoms with Crippen molar-refractivity contribution >= 4 is 23.2 Å². The lowest BCUT2D eigenvalue weighted by atomic mass is 10.0. The molecule has 0 unspecified atom stereocenters. The minimum absolute atomic E-state index is 0.118. The van der Waals surface area contributed by atoms with E-state index in [1.54, 1.807) is 6.20 Å². The fraction of sp³-hybridized carbons (Fsp3) is 0.333. The highest BCUT2D eigenvalue weighted by atomic mass is 16.5. The Morgan fingerprint density at radius 2 is 1.68 bits per heavy atom. The summed E-state index contributed by atoms with van der Waals surface area (Å²) in [5, 5.41) is 0. The van der Waals surface area contributed by atoms with E-state index in [1.165, 1.54) is 0 Å². The zero-order chi connectivity index (χ0) is 23.2. The number of pyridine rings is 2. The van der Waals surface area contributed by atoms with Crippen molar-refractivity contribution in [3.8, 4) is 17.0 Å². The van der Waals surface area contributed by atoms with Crippen LogP contribution in [0.4, 0.5) is 11.4 Å². The van der Waals surface area contributed by atoms with Crippen molar-refractivity contribution < 1.29 is 14.3 Å². The lowest BCUT2D eigenvalue weighted by Gasteiger charge is -2.31. The van der Waals surface area contributed by atoms with Crippen molar-refractivity contribution in [2.45, 2.75) is 51.1 Å². The van der Waals surface area contributed by atoms with Crippen LogP contribution in [0.1, 0.15) is 43.9 Å². The van der Waals surface area contributed by atoms with Gasteiger partial charge in [-0.25, -0.2) is 4.98 Å². The maximum Gasteiger partial charge on any atom is 0.238 e. The Bertz CT molecular complexity index is 1260. The predicted molar refractivity (Wildman–Crippen MR) is 129 cm³/mol. The Morgan fingerprint density at radius 3 is 2.41 bits per heavy atom. The Balaban J connectivity index is 1.18. The molecule has 0 saturated carbocycles. The SMILES string of the molecule is C[C@@H]1CCC(=O)N1c1ccc(-c2ccc(Cc3cnc4c(c3)N3C(=O)CC[C@H]3CO4)nc2)cc1. The quantitative estimate of drug-likeness (QED) is 0.592. The summed E-state index contributed by atoms with van der Waals surface area (Å²) < 4.78 is 5.77. The van der Waals surface area contributed by atoms with Gasteiger partial charge in [-0.1, -0.05) is 18.2 Å². The number of carbonyl (C=O) groups excluding carboxylic acids is 2. The van der Waals surface area contributed by atoms with E-state index in [4.69, 9.17) is 4.74 Å². The molecule has 2 aromatic heterocycles. The van der Waals surface area contributed by atoms with Gasteiger partial charge in [-0.3, -0.25) is 14.6 Å². The molecule has 6 rings (SSSR count). The van der Waals surface area contributed by atoms with E-state index >= 15 is 0 Å². The van der Waals surface area contributed by atoms with Crippen molar-refractivity contribution in [2.24, 2.45) is 0 Å². The van der Waals surface area contributed by atoms with Gasteiger partial charge in [0.2, 0.25) is 17.7 Å². The van der Waals surface area contributed by atoms with Gasteiger partial charge in [0.15, 0.2) is 0 Å². The lowest BCUT2D eigenvalue weighted by Crippen LogP contribution is -2.40. The van der Waals surface area contributed by atoms with Crippen molar-refractivity contribution in [1.82, 2.24) is 9.97 Å². The third kappa shape index (κ3) is 3.61. The van der Waals surface area contributed by atoms with Gasteiger partial charge in [-0.05, 0) is 55.2 Å². The second-order valence-electron chi connectivity index (χ2n) is 9.35. The van der Waals surface area contributed by atoms with Crippen LogP contribution in [0.2, 0.25) is 0 Å². The molecule has 7 nitrogen and oxygen atoms in total. The number of aromatic nitrogens is 2. The maximum absolute atomic E-state index is 12.4. The first-order valence-corrected chi connectivity index (χ1v) is 11.9. The molecule has 2 fully saturated rings. The van der Waals surface area contributed by atoms with E-state index in [0.717, 1.165) is 46.6 Å². The van der Waals surface area contributed by atoms with E-state index in [1.807, 2.05) is 52.4 Å². The van der Waals surface area contributed by atoms with Crippen molar-refractivity contribution in [3.63, 3.8) is 0 Å². The van der Waals surface area contributed by atoms with E-state index in [9.17, 15) is 9.59 Å². The molecule has 2 saturated heterocycles. The number of carbonyl (C=O) groups is 2. The number of hydrogen-bond acceptors (Lipinski definition) is 5. The second kappa shape index (κ2) is 8.24. The third-order valence-corrected chi connectivity index (χ3v) is 7.06. The molecule has 2 amide bonds. The lowest BCUT2D eigenvalue weighted by molar-refractivity contribution is -0.118. The van der Waals surface area contributed by atoms with Crippen LogP contribution in [0.25, 0.3) is 11.1 Å². The molecule has 0 N–H and O–H groups in total. The van der Waals surface area contributed by atoms with Crippen molar-refractivity contribution in [1.29, 1.82) is 0 Å². The molecule has 5 heterocycles. The summed E-state index contributed by atoms with van der Waals surface area (Å²) in [5.74, 6) is 0.872. The molecule has 172 valence electrons. The number of benzene rings is 1. The minimum atomic E-state index is 0.118. The van der Waals surface area contributed by atoms with Gasteiger partial charge in [0.05, 0.1) is 6.04 Å². The van der Waals surface area contributed by atoms with Gasteiger partial charge in [0, 0.05) is 54.6 Å². The van der Waals surface area contributed by atoms with Gasteiger partial charge in [0.1, 0.15) is 12.3 Å². The topological polar surface area (TPSA) is 75.6 Å². The summed E-state index contributed by atoms with van der Waals surface area (Å²) in [6.45, 7) is 2.61. The number of anilines is 2. The number of fused-ring (bicyclic) bond motifs is 3. The molecule has 0 radical (unpaired) electrons. The summed E-state index contributed by atoms with van der Waals surface area (Å²) in [7, 11) is 0. The van der Waals surface area contributed by atoms with Gasteiger partial charge in [0.25, 0.3) is 0 Å². The van der Waals surface area contributed by atoms with Crippen LogP contribution >= 0.6 is 0 Å². The highest BCUT2D eigenvalue weighted by Crippen LogP contribution is 2.38. The van der Waals surface area contributed by atoms with Crippen LogP contribution in [-0.2, 0) is 16.0 Å². The first-order valence-electron chi connectivity index (χ1n) is 11.9. The van der Waals surface area contributed by atoms with Gasteiger partial charge in [-0.2, -0.15) is 0 Å². The predicted octanol–water partition coefficient (Wildman–Crippen LogP) is 4.14. The zero-order valence-corrected chi connectivity index (χ0v) is 19.1. The van der Waals surface area contributed by atoms with Gasteiger partial charge in [-0.15, -0.1) is 0 Å². The van der Waals surface area contributed by atoms with Crippen LogP contribution in [-0.4, -0.2) is 40.5 Å². The Morgan fingerprint density at radius 1 is 0.912 bits per heavy atom. The van der Waals surface area contributed by atoms with Gasteiger partial charge < -0.3 is 14.5 Å². The van der Waals surface area contributed by atoms with Crippen LogP contribution in [0.15, 0.2) is 54.9 Å². The summed E-state index contributed by atoms with van der Waals surface area (Å²) in [6.07, 6.45) is 7.23. The molecule has 7 heteroatoms. The number of nitrogens with zero attached hydrogens (tertiary/aromatic N) is 4. The summed E-state index contributed by atoms with van der Waals surface area (Å²) >= 11 is 0. The highest BCUT2D eigenvalue weighted by Gasteiger charge is 2.38. The molecule has 3 aliphatic heterocycles. The molecule has 0 bridgehead atoms. The molecule has 0 aliphatic carbocycles. The molecule has 0 spiro atoms. The Labute approximate surface area is 198 Å². The number of hydrogen-bond donors (Lipinski definition) is 0. The van der Waals surface area contributed by atoms with Crippen LogP contribution in [0.5, 0.6) is 5.88 Å². The molecular formula is C27H26N4O3. The van der Waals surface area contributed by atoms with Crippen LogP contribution < -0.4 is 14.5 Å². The smallest absolute Gasteiger partial charge is 0.238 e. The Hall–Kier alpha value is -3.74. The standard InChI is InChI=1S/C27H26N4O3/c1-17-2-10-25(32)30(17)22-7-4-19(5-8-22)20-3-6-21(28-15-20)12-18-13-24-27(29-14-18)34-16-23-9-11-26(33)31(23)24/h3-8,13-15,17,23H,2,9-12,16H2,1H3/t17-,23+/m1/s1. The molecule has 34 heavy (non-hydrogen) atoms. The van der Waals surface area contributed by atoms with Crippen LogP contribution in [0.3, 0.4) is 0 Å². The second-order valence-corrected chi connectivity index (χ2v) is 9.35. The summed E-state index contributed by atoms with van der Waals surface area (Å²) in [5.41, 5.74) is 5.74. The first kappa shape index (κ1) is 20.8. The Kier molecular flexibility index (Phi) is 5.05. The fourth-order valence-corrected chi connectivity index (χ4v) is 5.22. The average molecular weight is 455 g/mol. The van der Waals surface area contributed by atoms with Crippen LogP contribution in [0, 0.1) is 0 Å². The number of rotatable bonds is 4. The summed E-state index contributed by atoms with van der Waals surface area (Å²) in [4.78, 5) is 37.4. The third-order valence-electron chi connectivity index (χ3n) is 7.06. The molecule has 3 aliphatic rings.